The highest BCUT2D eigenvalue weighted by atomic mass is 19.4. The van der Waals surface area contributed by atoms with E-state index < -0.39 is 23.9 Å². The molecule has 1 aliphatic carbocycles. The molecule has 0 radical (unpaired) electrons. The predicted octanol–water partition coefficient (Wildman–Crippen LogP) is 3.61. The van der Waals surface area contributed by atoms with Crippen LogP contribution in [0.1, 0.15) is 17.7 Å². The number of amides is 1. The van der Waals surface area contributed by atoms with E-state index in [1.807, 2.05) is 0 Å². The number of carbonyl (C=O) groups is 1. The maximum Gasteiger partial charge on any atom is 0.392 e. The summed E-state index contributed by atoms with van der Waals surface area (Å²) in [5, 5.41) is 6.73. The average Bonchev–Trinajstić information content (AvgIpc) is 3.59. The van der Waals surface area contributed by atoms with Crippen molar-refractivity contribution in [2.24, 2.45) is 11.8 Å². The molecule has 0 bridgehead atoms. The third-order valence-electron chi connectivity index (χ3n) is 5.11. The van der Waals surface area contributed by atoms with Gasteiger partial charge >= 0.3 is 6.18 Å². The minimum Gasteiger partial charge on any atom is -0.495 e. The highest BCUT2D eigenvalue weighted by Gasteiger charge is 2.58. The molecule has 0 unspecified atom stereocenters. The quantitative estimate of drug-likeness (QED) is 0.602. The number of nitrogens with zero attached hydrogens (tertiary/aromatic N) is 3. The fourth-order valence-electron chi connectivity index (χ4n) is 3.27. The Labute approximate surface area is 181 Å². The molecule has 3 aromatic heterocycles. The number of hydrogen-bond acceptors (Lipinski definition) is 6. The molecule has 4 rings (SSSR count). The van der Waals surface area contributed by atoms with Crippen molar-refractivity contribution in [2.45, 2.75) is 12.6 Å². The van der Waals surface area contributed by atoms with Gasteiger partial charge in [-0.25, -0.2) is 15.0 Å². The first-order valence-electron chi connectivity index (χ1n) is 9.66. The Morgan fingerprint density at radius 2 is 1.94 bits per heavy atom. The Morgan fingerprint density at radius 3 is 2.56 bits per heavy atom. The fraction of sp³-hybridized carbons (Fsp3) is 0.273. The second kappa shape index (κ2) is 8.34. The summed E-state index contributed by atoms with van der Waals surface area (Å²) >= 11 is 0. The summed E-state index contributed by atoms with van der Waals surface area (Å²) in [6, 6.07) is 5.02. The maximum atomic E-state index is 12.8. The number of pyridine rings is 3. The van der Waals surface area contributed by atoms with E-state index in [2.05, 4.69) is 37.4 Å². The van der Waals surface area contributed by atoms with Crippen LogP contribution in [0.4, 0.5) is 24.8 Å². The molecule has 0 aliphatic heterocycles. The van der Waals surface area contributed by atoms with E-state index in [-0.39, 0.29) is 12.2 Å². The van der Waals surface area contributed by atoms with Crippen molar-refractivity contribution in [3.63, 3.8) is 0 Å². The Balaban J connectivity index is 1.64. The second-order valence-electron chi connectivity index (χ2n) is 7.20. The predicted molar refractivity (Wildman–Crippen MR) is 112 cm³/mol. The van der Waals surface area contributed by atoms with Gasteiger partial charge in [0.1, 0.15) is 23.1 Å². The number of anilines is 2. The molecule has 0 spiro atoms. The van der Waals surface area contributed by atoms with Crippen molar-refractivity contribution in [2.75, 3.05) is 24.8 Å². The molecule has 32 heavy (non-hydrogen) atoms. The van der Waals surface area contributed by atoms with E-state index in [0.29, 0.717) is 33.6 Å². The fourth-order valence-corrected chi connectivity index (χ4v) is 3.27. The summed E-state index contributed by atoms with van der Waals surface area (Å²) in [6.07, 6.45) is 0.0342. The number of halogens is 3. The Bertz CT molecular complexity index is 1230. The molecule has 0 saturated heterocycles. The van der Waals surface area contributed by atoms with Gasteiger partial charge in [-0.05, 0) is 30.5 Å². The number of methoxy groups -OCH3 is 1. The lowest BCUT2D eigenvalue weighted by Crippen LogP contribution is -2.20. The zero-order valence-electron chi connectivity index (χ0n) is 17.1. The summed E-state index contributed by atoms with van der Waals surface area (Å²) in [5.41, 5.74) is 1.07. The average molecular weight is 441 g/mol. The van der Waals surface area contributed by atoms with Crippen LogP contribution in [0.15, 0.2) is 36.8 Å². The number of fused-ring (bicyclic) bond motifs is 1. The van der Waals surface area contributed by atoms with Crippen molar-refractivity contribution in [3.05, 3.63) is 48.0 Å². The van der Waals surface area contributed by atoms with Crippen molar-refractivity contribution in [3.8, 4) is 17.6 Å². The van der Waals surface area contributed by atoms with Gasteiger partial charge in [-0.2, -0.15) is 13.2 Å². The lowest BCUT2D eigenvalue weighted by Gasteiger charge is -2.10. The van der Waals surface area contributed by atoms with Gasteiger partial charge in [0, 0.05) is 30.2 Å². The Hall–Kier alpha value is -3.87. The third kappa shape index (κ3) is 4.42. The van der Waals surface area contributed by atoms with Crippen LogP contribution >= 0.6 is 0 Å². The molecule has 3 heterocycles. The zero-order chi connectivity index (χ0) is 22.9. The highest BCUT2D eigenvalue weighted by Crippen LogP contribution is 2.50. The van der Waals surface area contributed by atoms with Crippen molar-refractivity contribution >= 4 is 28.3 Å². The summed E-state index contributed by atoms with van der Waals surface area (Å²) in [4.78, 5) is 24.9. The van der Waals surface area contributed by atoms with Gasteiger partial charge in [0.25, 0.3) is 0 Å². The first-order valence-corrected chi connectivity index (χ1v) is 9.66. The summed E-state index contributed by atoms with van der Waals surface area (Å²) < 4.78 is 43.4. The smallest absolute Gasteiger partial charge is 0.392 e. The van der Waals surface area contributed by atoms with Crippen molar-refractivity contribution in [1.29, 1.82) is 0 Å². The van der Waals surface area contributed by atoms with Gasteiger partial charge in [0.05, 0.1) is 30.7 Å². The Kier molecular flexibility index (Phi) is 5.57. The first kappa shape index (κ1) is 21.4. The molecule has 1 aliphatic rings. The number of carbonyl (C=O) groups excluding carboxylic acids is 1. The van der Waals surface area contributed by atoms with Gasteiger partial charge in [-0.15, -0.1) is 0 Å². The number of nitrogens with one attached hydrogen (secondary N) is 2. The van der Waals surface area contributed by atoms with Crippen molar-refractivity contribution < 1.29 is 22.7 Å². The van der Waals surface area contributed by atoms with E-state index in [1.165, 1.54) is 6.20 Å². The molecule has 7 nitrogen and oxygen atoms in total. The summed E-state index contributed by atoms with van der Waals surface area (Å²) in [6.45, 7) is 0. The number of rotatable bonds is 4. The Morgan fingerprint density at radius 1 is 1.12 bits per heavy atom. The number of alkyl halides is 3. The van der Waals surface area contributed by atoms with Crippen LogP contribution in [0, 0.1) is 23.7 Å². The minimum absolute atomic E-state index is 0.147. The summed E-state index contributed by atoms with van der Waals surface area (Å²) in [5.74, 6) is 3.88. The van der Waals surface area contributed by atoms with Gasteiger partial charge in [-0.3, -0.25) is 4.79 Å². The van der Waals surface area contributed by atoms with Crippen LogP contribution < -0.4 is 15.4 Å². The van der Waals surface area contributed by atoms with E-state index in [4.69, 9.17) is 4.74 Å². The lowest BCUT2D eigenvalue weighted by molar-refractivity contribution is -0.153. The normalized spacial score (nSPS) is 17.3. The van der Waals surface area contributed by atoms with E-state index >= 15 is 0 Å². The molecule has 3 aromatic rings. The molecule has 1 amide bonds. The lowest BCUT2D eigenvalue weighted by atomic mass is 10.1. The van der Waals surface area contributed by atoms with Crippen LogP contribution in [-0.4, -0.2) is 41.2 Å². The van der Waals surface area contributed by atoms with Gasteiger partial charge in [0.15, 0.2) is 0 Å². The van der Waals surface area contributed by atoms with Crippen molar-refractivity contribution in [1.82, 2.24) is 15.0 Å². The minimum atomic E-state index is -4.37. The van der Waals surface area contributed by atoms with E-state index in [1.54, 1.807) is 44.8 Å². The van der Waals surface area contributed by atoms with Crippen LogP contribution in [0.5, 0.6) is 5.75 Å². The molecular formula is C22H18F3N5O2. The molecule has 2 atom stereocenters. The van der Waals surface area contributed by atoms with E-state index in [9.17, 15) is 18.0 Å². The number of aromatic nitrogens is 3. The van der Waals surface area contributed by atoms with Crippen LogP contribution in [-0.2, 0) is 4.79 Å². The number of hydrogen-bond donors (Lipinski definition) is 2. The van der Waals surface area contributed by atoms with Crippen LogP contribution in [0.25, 0.3) is 10.8 Å². The van der Waals surface area contributed by atoms with Gasteiger partial charge in [0.2, 0.25) is 5.91 Å². The molecule has 1 saturated carbocycles. The van der Waals surface area contributed by atoms with Crippen LogP contribution in [0.2, 0.25) is 0 Å². The third-order valence-corrected chi connectivity index (χ3v) is 5.11. The summed E-state index contributed by atoms with van der Waals surface area (Å²) in [7, 11) is 3.24. The largest absolute Gasteiger partial charge is 0.495 e. The zero-order valence-corrected chi connectivity index (χ0v) is 17.1. The molecule has 0 aromatic carbocycles. The molecule has 164 valence electrons. The maximum absolute atomic E-state index is 12.8. The number of ether oxygens (including phenoxy) is 1. The SMILES string of the molecule is CNc1ncc(C#Cc2ccc(OC)cn2)c2cc(NC(=O)[C@@H]3C[C@@H]3C(F)(F)F)ncc12. The molecule has 1 fully saturated rings. The molecule has 10 heteroatoms. The topological polar surface area (TPSA) is 89.0 Å². The van der Waals surface area contributed by atoms with Crippen LogP contribution in [0.3, 0.4) is 0 Å². The molecular weight excluding hydrogens is 423 g/mol. The van der Waals surface area contributed by atoms with Gasteiger partial charge < -0.3 is 15.4 Å². The van der Waals surface area contributed by atoms with E-state index in [0.717, 1.165) is 0 Å². The second-order valence-corrected chi connectivity index (χ2v) is 7.20. The highest BCUT2D eigenvalue weighted by molar-refractivity contribution is 5.99. The molecule has 2 N–H and O–H groups in total. The van der Waals surface area contributed by atoms with Gasteiger partial charge in [-0.1, -0.05) is 5.92 Å². The monoisotopic (exact) mass is 441 g/mol. The standard InChI is InChI=1S/C22H18F3N5O2/c1-26-20-17-11-28-19(30-21(31)16-7-18(16)22(23,24)25)8-15(17)12(9-29-20)3-4-13-5-6-14(32-2)10-27-13/h5-6,8-11,16,18H,7H2,1-2H3,(H,26,29)(H,28,30,31)/t16-,18+/m1/s1. The first-order chi connectivity index (χ1) is 15.3.